The Morgan fingerprint density at radius 2 is 2.22 bits per heavy atom. The third kappa shape index (κ3) is 3.45. The maximum atomic E-state index is 12.4. The van der Waals surface area contributed by atoms with Crippen molar-refractivity contribution < 1.29 is 9.53 Å². The fourth-order valence-corrected chi connectivity index (χ4v) is 2.45. The molecule has 1 amide bonds. The van der Waals surface area contributed by atoms with Crippen LogP contribution in [-0.2, 0) is 9.53 Å². The van der Waals surface area contributed by atoms with Gasteiger partial charge in [-0.05, 0) is 32.6 Å². The van der Waals surface area contributed by atoms with Crippen molar-refractivity contribution in [2.75, 3.05) is 13.2 Å². The quantitative estimate of drug-likeness (QED) is 0.760. The van der Waals surface area contributed by atoms with Gasteiger partial charge in [-0.1, -0.05) is 20.3 Å². The second-order valence-electron chi connectivity index (χ2n) is 5.90. The van der Waals surface area contributed by atoms with Crippen LogP contribution >= 0.6 is 0 Å². The summed E-state index contributed by atoms with van der Waals surface area (Å²) in [4.78, 5) is 12.4. The number of carbonyl (C=O) groups is 1. The molecule has 1 fully saturated rings. The summed E-state index contributed by atoms with van der Waals surface area (Å²) in [5.74, 6) is 0.452. The summed E-state index contributed by atoms with van der Waals surface area (Å²) in [7, 11) is 0. The molecule has 1 rings (SSSR count). The molecule has 4 nitrogen and oxygen atoms in total. The van der Waals surface area contributed by atoms with Gasteiger partial charge >= 0.3 is 0 Å². The van der Waals surface area contributed by atoms with E-state index in [0.717, 1.165) is 19.3 Å². The van der Waals surface area contributed by atoms with Crippen LogP contribution < -0.4 is 11.1 Å². The van der Waals surface area contributed by atoms with Crippen molar-refractivity contribution in [2.24, 2.45) is 17.1 Å². The van der Waals surface area contributed by atoms with Crippen LogP contribution in [0.3, 0.4) is 0 Å². The van der Waals surface area contributed by atoms with Gasteiger partial charge in [0.1, 0.15) is 0 Å². The summed E-state index contributed by atoms with van der Waals surface area (Å²) in [6, 6.07) is 0.0551. The molecule has 18 heavy (non-hydrogen) atoms. The van der Waals surface area contributed by atoms with Gasteiger partial charge < -0.3 is 15.8 Å². The lowest BCUT2D eigenvalue weighted by Crippen LogP contribution is -2.52. The van der Waals surface area contributed by atoms with Crippen LogP contribution in [0.15, 0.2) is 0 Å². The molecule has 0 aromatic heterocycles. The molecule has 3 atom stereocenters. The van der Waals surface area contributed by atoms with Crippen molar-refractivity contribution in [1.82, 2.24) is 5.32 Å². The summed E-state index contributed by atoms with van der Waals surface area (Å²) in [6.07, 6.45) is 2.88. The minimum absolute atomic E-state index is 0.0163. The molecule has 0 radical (unpaired) electrons. The zero-order valence-electron chi connectivity index (χ0n) is 12.2. The van der Waals surface area contributed by atoms with E-state index in [2.05, 4.69) is 19.2 Å². The number of hydrogen-bond donors (Lipinski definition) is 2. The van der Waals surface area contributed by atoms with Gasteiger partial charge in [0.2, 0.25) is 5.91 Å². The Hall–Kier alpha value is -0.610. The van der Waals surface area contributed by atoms with Crippen molar-refractivity contribution in [3.05, 3.63) is 0 Å². The lowest BCUT2D eigenvalue weighted by Gasteiger charge is -2.31. The molecule has 1 saturated carbocycles. The standard InChI is InChI=1S/C14H28N2O2/c1-5-18-9-11(10(2)3)16-13(17)14(4)8-6-7-12(14)15/h10-12H,5-9,15H2,1-4H3,(H,16,17). The minimum atomic E-state index is -0.403. The largest absolute Gasteiger partial charge is 0.380 e. The number of hydrogen-bond acceptors (Lipinski definition) is 3. The van der Waals surface area contributed by atoms with Crippen LogP contribution in [0, 0.1) is 11.3 Å². The third-order valence-corrected chi connectivity index (χ3v) is 4.17. The summed E-state index contributed by atoms with van der Waals surface area (Å²) in [5.41, 5.74) is 5.67. The Balaban J connectivity index is 2.60. The van der Waals surface area contributed by atoms with Crippen LogP contribution in [0.5, 0.6) is 0 Å². The number of ether oxygens (including phenoxy) is 1. The van der Waals surface area contributed by atoms with Crippen molar-refractivity contribution >= 4 is 5.91 Å². The lowest BCUT2D eigenvalue weighted by atomic mass is 9.83. The molecule has 0 bridgehead atoms. The first-order valence-electron chi connectivity index (χ1n) is 7.06. The van der Waals surface area contributed by atoms with Gasteiger partial charge in [-0.15, -0.1) is 0 Å². The highest BCUT2D eigenvalue weighted by atomic mass is 16.5. The molecule has 3 unspecified atom stereocenters. The van der Waals surface area contributed by atoms with Crippen LogP contribution in [-0.4, -0.2) is 31.2 Å². The maximum absolute atomic E-state index is 12.4. The Morgan fingerprint density at radius 1 is 1.56 bits per heavy atom. The minimum Gasteiger partial charge on any atom is -0.380 e. The first-order chi connectivity index (χ1) is 8.41. The van der Waals surface area contributed by atoms with Gasteiger partial charge in [0.05, 0.1) is 18.1 Å². The second kappa shape index (κ2) is 6.53. The average Bonchev–Trinajstić information content (AvgIpc) is 2.65. The fourth-order valence-electron chi connectivity index (χ4n) is 2.45. The SMILES string of the molecule is CCOCC(NC(=O)C1(C)CCCC1N)C(C)C. The smallest absolute Gasteiger partial charge is 0.227 e. The maximum Gasteiger partial charge on any atom is 0.227 e. The highest BCUT2D eigenvalue weighted by molar-refractivity contribution is 5.83. The van der Waals surface area contributed by atoms with E-state index in [-0.39, 0.29) is 18.0 Å². The first kappa shape index (κ1) is 15.4. The third-order valence-electron chi connectivity index (χ3n) is 4.17. The molecule has 1 aliphatic rings. The number of carbonyl (C=O) groups excluding carboxylic acids is 1. The molecule has 0 heterocycles. The summed E-state index contributed by atoms with van der Waals surface area (Å²) >= 11 is 0. The van der Waals surface area contributed by atoms with E-state index in [4.69, 9.17) is 10.5 Å². The Kier molecular flexibility index (Phi) is 5.60. The van der Waals surface area contributed by atoms with Gasteiger partial charge in [0.15, 0.2) is 0 Å². The predicted octanol–water partition coefficient (Wildman–Crippen LogP) is 1.68. The van der Waals surface area contributed by atoms with E-state index in [9.17, 15) is 4.79 Å². The van der Waals surface area contributed by atoms with E-state index in [1.165, 1.54) is 0 Å². The monoisotopic (exact) mass is 256 g/mol. The van der Waals surface area contributed by atoms with Crippen LogP contribution in [0.2, 0.25) is 0 Å². The van der Waals surface area contributed by atoms with E-state index < -0.39 is 5.41 Å². The second-order valence-corrected chi connectivity index (χ2v) is 5.90. The highest BCUT2D eigenvalue weighted by Gasteiger charge is 2.43. The van der Waals surface area contributed by atoms with Crippen molar-refractivity contribution in [1.29, 1.82) is 0 Å². The van der Waals surface area contributed by atoms with Crippen molar-refractivity contribution in [3.63, 3.8) is 0 Å². The average molecular weight is 256 g/mol. The molecule has 0 aliphatic heterocycles. The summed E-state index contributed by atoms with van der Waals surface area (Å²) < 4.78 is 5.43. The molecule has 4 heteroatoms. The van der Waals surface area contributed by atoms with Crippen LogP contribution in [0.25, 0.3) is 0 Å². The van der Waals surface area contributed by atoms with Gasteiger partial charge in [0, 0.05) is 12.6 Å². The molecule has 0 aromatic rings. The van der Waals surface area contributed by atoms with Gasteiger partial charge in [-0.25, -0.2) is 0 Å². The molecule has 106 valence electrons. The van der Waals surface area contributed by atoms with Crippen molar-refractivity contribution in [3.8, 4) is 0 Å². The number of amides is 1. The molecule has 0 spiro atoms. The Labute approximate surface area is 111 Å². The van der Waals surface area contributed by atoms with Crippen molar-refractivity contribution in [2.45, 2.75) is 59.0 Å². The topological polar surface area (TPSA) is 64.3 Å². The molecule has 0 aromatic carbocycles. The van der Waals surface area contributed by atoms with E-state index in [1.54, 1.807) is 0 Å². The fraction of sp³-hybridized carbons (Fsp3) is 0.929. The van der Waals surface area contributed by atoms with Gasteiger partial charge in [0.25, 0.3) is 0 Å². The number of nitrogens with two attached hydrogens (primary N) is 1. The Morgan fingerprint density at radius 3 is 2.67 bits per heavy atom. The lowest BCUT2D eigenvalue weighted by molar-refractivity contribution is -0.132. The predicted molar refractivity (Wildman–Crippen MR) is 73.2 cm³/mol. The van der Waals surface area contributed by atoms with E-state index >= 15 is 0 Å². The highest BCUT2D eigenvalue weighted by Crippen LogP contribution is 2.37. The van der Waals surface area contributed by atoms with E-state index in [1.807, 2.05) is 13.8 Å². The number of nitrogens with one attached hydrogen (secondary N) is 1. The zero-order chi connectivity index (χ0) is 13.8. The normalized spacial score (nSPS) is 29.6. The Bertz CT molecular complexity index is 281. The van der Waals surface area contributed by atoms with E-state index in [0.29, 0.717) is 19.1 Å². The molecule has 1 aliphatic carbocycles. The zero-order valence-corrected chi connectivity index (χ0v) is 12.2. The van der Waals surface area contributed by atoms with Gasteiger partial charge in [-0.3, -0.25) is 4.79 Å². The first-order valence-corrected chi connectivity index (χ1v) is 7.06. The van der Waals surface area contributed by atoms with Gasteiger partial charge in [-0.2, -0.15) is 0 Å². The molecular weight excluding hydrogens is 228 g/mol. The number of rotatable bonds is 6. The summed E-state index contributed by atoms with van der Waals surface area (Å²) in [5, 5.41) is 3.12. The molecule has 0 saturated heterocycles. The van der Waals surface area contributed by atoms with Crippen LogP contribution in [0.1, 0.15) is 47.0 Å². The molecule has 3 N–H and O–H groups in total. The van der Waals surface area contributed by atoms with Crippen LogP contribution in [0.4, 0.5) is 0 Å². The summed E-state index contributed by atoms with van der Waals surface area (Å²) in [6.45, 7) is 9.40. The molecular formula is C14H28N2O2.